The molecule has 0 aromatic carbocycles. The van der Waals surface area contributed by atoms with Gasteiger partial charge in [0.15, 0.2) is 0 Å². The van der Waals surface area contributed by atoms with Crippen molar-refractivity contribution in [2.24, 2.45) is 5.92 Å². The first-order valence-corrected chi connectivity index (χ1v) is 6.52. The maximum Gasteiger partial charge on any atom is 0.326 e. The van der Waals surface area contributed by atoms with Crippen molar-refractivity contribution < 1.29 is 9.53 Å². The number of unbranched alkanes of at least 4 members (excludes halogenated alkanes) is 1. The Morgan fingerprint density at radius 2 is 2.12 bits per heavy atom. The first-order valence-electron chi connectivity index (χ1n) is 6.52. The van der Waals surface area contributed by atoms with Crippen LogP contribution in [-0.4, -0.2) is 25.2 Å². The Balaban J connectivity index is 2.56. The van der Waals surface area contributed by atoms with Crippen LogP contribution in [0.4, 0.5) is 0 Å². The molecule has 1 unspecified atom stereocenters. The number of nitrogens with one attached hydrogen (secondary N) is 1. The zero-order valence-corrected chi connectivity index (χ0v) is 10.8. The molecule has 16 heavy (non-hydrogen) atoms. The standard InChI is InChI=1S/C13H25NO2/c1-4-6-9-13(5-2,12(15)16-3)14-10-11-7-8-11/h11,14H,4-10H2,1-3H3. The van der Waals surface area contributed by atoms with Crippen LogP contribution in [0.3, 0.4) is 0 Å². The van der Waals surface area contributed by atoms with E-state index in [2.05, 4.69) is 19.2 Å². The van der Waals surface area contributed by atoms with Crippen molar-refractivity contribution in [2.75, 3.05) is 13.7 Å². The van der Waals surface area contributed by atoms with Gasteiger partial charge in [-0.1, -0.05) is 26.7 Å². The lowest BCUT2D eigenvalue weighted by Gasteiger charge is -2.31. The minimum atomic E-state index is -0.437. The number of ether oxygens (including phenoxy) is 1. The van der Waals surface area contributed by atoms with Crippen LogP contribution >= 0.6 is 0 Å². The molecule has 1 N–H and O–H groups in total. The fourth-order valence-corrected chi connectivity index (χ4v) is 2.04. The molecule has 0 radical (unpaired) electrons. The Bertz CT molecular complexity index is 226. The molecule has 3 heteroatoms. The minimum absolute atomic E-state index is 0.0934. The normalized spacial score (nSPS) is 19.2. The lowest BCUT2D eigenvalue weighted by Crippen LogP contribution is -2.53. The second-order valence-corrected chi connectivity index (χ2v) is 4.86. The van der Waals surface area contributed by atoms with E-state index in [-0.39, 0.29) is 5.97 Å². The maximum absolute atomic E-state index is 11.9. The van der Waals surface area contributed by atoms with Gasteiger partial charge in [-0.2, -0.15) is 0 Å². The second-order valence-electron chi connectivity index (χ2n) is 4.86. The maximum atomic E-state index is 11.9. The summed E-state index contributed by atoms with van der Waals surface area (Å²) in [4.78, 5) is 11.9. The van der Waals surface area contributed by atoms with E-state index in [0.29, 0.717) is 0 Å². The lowest BCUT2D eigenvalue weighted by molar-refractivity contribution is -0.149. The fraction of sp³-hybridized carbons (Fsp3) is 0.923. The van der Waals surface area contributed by atoms with E-state index in [9.17, 15) is 4.79 Å². The summed E-state index contributed by atoms with van der Waals surface area (Å²) in [6.07, 6.45) is 6.50. The number of esters is 1. The van der Waals surface area contributed by atoms with Crippen LogP contribution in [0.25, 0.3) is 0 Å². The summed E-state index contributed by atoms with van der Waals surface area (Å²) in [5, 5.41) is 3.46. The third kappa shape index (κ3) is 3.48. The van der Waals surface area contributed by atoms with Crippen molar-refractivity contribution in [1.29, 1.82) is 0 Å². The predicted octanol–water partition coefficient (Wildman–Crippen LogP) is 2.50. The largest absolute Gasteiger partial charge is 0.468 e. The molecule has 0 aromatic heterocycles. The highest BCUT2D eigenvalue weighted by molar-refractivity contribution is 5.80. The van der Waals surface area contributed by atoms with Gasteiger partial charge in [-0.3, -0.25) is 4.79 Å². The van der Waals surface area contributed by atoms with E-state index in [1.807, 2.05) is 0 Å². The van der Waals surface area contributed by atoms with Gasteiger partial charge in [-0.15, -0.1) is 0 Å². The number of carbonyl (C=O) groups is 1. The molecule has 0 saturated heterocycles. The average Bonchev–Trinajstić information content (AvgIpc) is 3.13. The predicted molar refractivity (Wildman–Crippen MR) is 65.3 cm³/mol. The van der Waals surface area contributed by atoms with Gasteiger partial charge < -0.3 is 10.1 Å². The van der Waals surface area contributed by atoms with E-state index >= 15 is 0 Å². The first kappa shape index (κ1) is 13.5. The molecule has 94 valence electrons. The van der Waals surface area contributed by atoms with E-state index < -0.39 is 5.54 Å². The topological polar surface area (TPSA) is 38.3 Å². The van der Waals surface area contributed by atoms with Crippen molar-refractivity contribution >= 4 is 5.97 Å². The van der Waals surface area contributed by atoms with Crippen LogP contribution < -0.4 is 5.32 Å². The summed E-state index contributed by atoms with van der Waals surface area (Å²) >= 11 is 0. The molecule has 0 amide bonds. The van der Waals surface area contributed by atoms with Gasteiger partial charge in [-0.05, 0) is 38.1 Å². The molecule has 3 nitrogen and oxygen atoms in total. The number of hydrogen-bond acceptors (Lipinski definition) is 3. The molecular formula is C13H25NO2. The Morgan fingerprint density at radius 3 is 2.56 bits per heavy atom. The minimum Gasteiger partial charge on any atom is -0.468 e. The number of rotatable bonds is 8. The summed E-state index contributed by atoms with van der Waals surface area (Å²) < 4.78 is 4.95. The van der Waals surface area contributed by atoms with Gasteiger partial charge in [0.05, 0.1) is 7.11 Å². The highest BCUT2D eigenvalue weighted by atomic mass is 16.5. The Morgan fingerprint density at radius 1 is 1.44 bits per heavy atom. The summed E-state index contributed by atoms with van der Waals surface area (Å²) in [6, 6.07) is 0. The summed E-state index contributed by atoms with van der Waals surface area (Å²) in [5.74, 6) is 0.696. The number of carbonyl (C=O) groups excluding carboxylic acids is 1. The lowest BCUT2D eigenvalue weighted by atomic mass is 9.89. The first-order chi connectivity index (χ1) is 7.68. The molecule has 1 rings (SSSR count). The van der Waals surface area contributed by atoms with Gasteiger partial charge in [0.25, 0.3) is 0 Å². The van der Waals surface area contributed by atoms with Gasteiger partial charge in [0.2, 0.25) is 0 Å². The summed E-state index contributed by atoms with van der Waals surface area (Å²) in [5.41, 5.74) is -0.437. The fourth-order valence-electron chi connectivity index (χ4n) is 2.04. The molecule has 0 aliphatic heterocycles. The molecule has 1 aliphatic carbocycles. The van der Waals surface area contributed by atoms with Crippen molar-refractivity contribution in [2.45, 2.75) is 57.9 Å². The molecule has 1 aliphatic rings. The summed E-state index contributed by atoms with van der Waals surface area (Å²) in [7, 11) is 1.48. The molecule has 0 bridgehead atoms. The Kier molecular flexibility index (Phi) is 5.26. The third-order valence-electron chi connectivity index (χ3n) is 3.56. The van der Waals surface area contributed by atoms with E-state index in [1.165, 1.54) is 20.0 Å². The zero-order chi connectivity index (χ0) is 12.0. The Labute approximate surface area is 98.9 Å². The smallest absolute Gasteiger partial charge is 0.326 e. The zero-order valence-electron chi connectivity index (χ0n) is 10.8. The third-order valence-corrected chi connectivity index (χ3v) is 3.56. The van der Waals surface area contributed by atoms with Crippen LogP contribution in [0, 0.1) is 5.92 Å². The van der Waals surface area contributed by atoms with Crippen molar-refractivity contribution in [3.8, 4) is 0 Å². The summed E-state index contributed by atoms with van der Waals surface area (Å²) in [6.45, 7) is 5.18. The van der Waals surface area contributed by atoms with Crippen LogP contribution in [-0.2, 0) is 9.53 Å². The molecule has 1 saturated carbocycles. The van der Waals surface area contributed by atoms with E-state index in [4.69, 9.17) is 4.74 Å². The van der Waals surface area contributed by atoms with Crippen molar-refractivity contribution in [3.63, 3.8) is 0 Å². The van der Waals surface area contributed by atoms with Gasteiger partial charge in [-0.25, -0.2) is 0 Å². The van der Waals surface area contributed by atoms with Crippen LogP contribution in [0.2, 0.25) is 0 Å². The van der Waals surface area contributed by atoms with Crippen molar-refractivity contribution in [3.05, 3.63) is 0 Å². The van der Waals surface area contributed by atoms with Crippen LogP contribution in [0.1, 0.15) is 52.4 Å². The molecule has 0 heterocycles. The number of hydrogen-bond donors (Lipinski definition) is 1. The molecule has 0 aromatic rings. The van der Waals surface area contributed by atoms with Gasteiger partial charge in [0, 0.05) is 0 Å². The quantitative estimate of drug-likeness (QED) is 0.647. The molecule has 1 atom stereocenters. The van der Waals surface area contributed by atoms with Crippen LogP contribution in [0.5, 0.6) is 0 Å². The molecule has 1 fully saturated rings. The van der Waals surface area contributed by atoms with E-state index in [1.54, 1.807) is 0 Å². The SMILES string of the molecule is CCCCC(CC)(NCC1CC1)C(=O)OC. The van der Waals surface area contributed by atoms with E-state index in [0.717, 1.165) is 38.1 Å². The highest BCUT2D eigenvalue weighted by Crippen LogP contribution is 2.30. The van der Waals surface area contributed by atoms with Gasteiger partial charge >= 0.3 is 5.97 Å². The molecular weight excluding hydrogens is 202 g/mol. The second kappa shape index (κ2) is 6.24. The van der Waals surface area contributed by atoms with Crippen molar-refractivity contribution in [1.82, 2.24) is 5.32 Å². The molecule has 0 spiro atoms. The highest BCUT2D eigenvalue weighted by Gasteiger charge is 2.38. The monoisotopic (exact) mass is 227 g/mol. The van der Waals surface area contributed by atoms with Crippen LogP contribution in [0.15, 0.2) is 0 Å². The average molecular weight is 227 g/mol. The van der Waals surface area contributed by atoms with Gasteiger partial charge in [0.1, 0.15) is 5.54 Å². The number of methoxy groups -OCH3 is 1. The Hall–Kier alpha value is -0.570.